The molecule has 2 nitrogen and oxygen atoms in total. The van der Waals surface area contributed by atoms with E-state index in [9.17, 15) is 0 Å². The van der Waals surface area contributed by atoms with Gasteiger partial charge in [-0.3, -0.25) is 4.90 Å². The Balaban J connectivity index is 2.09. The van der Waals surface area contributed by atoms with Crippen LogP contribution in [0, 0.1) is 6.92 Å². The first-order valence-electron chi connectivity index (χ1n) is 6.32. The van der Waals surface area contributed by atoms with Crippen molar-refractivity contribution in [1.82, 2.24) is 4.90 Å². The summed E-state index contributed by atoms with van der Waals surface area (Å²) in [5, 5.41) is 0. The third kappa shape index (κ3) is 3.11. The molecule has 17 heavy (non-hydrogen) atoms. The second-order valence-corrected chi connectivity index (χ2v) is 7.15. The molecular formula is C13H21BrN2S. The largest absolute Gasteiger partial charge is 0.329 e. The third-order valence-corrected chi connectivity index (χ3v) is 5.83. The Morgan fingerprint density at radius 2 is 2.29 bits per heavy atom. The molecular weight excluding hydrogens is 296 g/mol. The molecule has 1 aliphatic rings. The minimum Gasteiger partial charge on any atom is -0.329 e. The molecule has 2 N–H and O–H groups in total. The van der Waals surface area contributed by atoms with Gasteiger partial charge in [-0.15, -0.1) is 11.3 Å². The summed E-state index contributed by atoms with van der Waals surface area (Å²) in [5.74, 6) is 0. The molecule has 1 aliphatic heterocycles. The lowest BCUT2D eigenvalue weighted by molar-refractivity contribution is 0.0903. The van der Waals surface area contributed by atoms with Crippen molar-refractivity contribution in [2.24, 2.45) is 5.73 Å². The SMILES string of the molecule is Cc1sc(CN2C(C)CCCC2CN)cc1Br. The van der Waals surface area contributed by atoms with Crippen molar-refractivity contribution >= 4 is 27.3 Å². The minimum absolute atomic E-state index is 0.569. The van der Waals surface area contributed by atoms with Crippen LogP contribution >= 0.6 is 27.3 Å². The number of piperidine rings is 1. The summed E-state index contributed by atoms with van der Waals surface area (Å²) in [6.45, 7) is 6.34. The number of nitrogens with zero attached hydrogens (tertiary/aromatic N) is 1. The van der Waals surface area contributed by atoms with E-state index in [1.165, 1.54) is 33.5 Å². The molecule has 2 heterocycles. The highest BCUT2D eigenvalue weighted by molar-refractivity contribution is 9.10. The zero-order valence-corrected chi connectivity index (χ0v) is 13.0. The van der Waals surface area contributed by atoms with Crippen LogP contribution in [0.15, 0.2) is 10.5 Å². The summed E-state index contributed by atoms with van der Waals surface area (Å²) in [6, 6.07) is 3.49. The molecule has 0 spiro atoms. The number of likely N-dealkylation sites (tertiary alicyclic amines) is 1. The molecule has 0 aromatic carbocycles. The van der Waals surface area contributed by atoms with E-state index in [4.69, 9.17) is 5.73 Å². The van der Waals surface area contributed by atoms with Crippen LogP contribution < -0.4 is 5.73 Å². The maximum atomic E-state index is 5.90. The van der Waals surface area contributed by atoms with E-state index in [1.54, 1.807) is 0 Å². The van der Waals surface area contributed by atoms with Crippen molar-refractivity contribution in [2.45, 2.75) is 51.7 Å². The van der Waals surface area contributed by atoms with Gasteiger partial charge in [-0.2, -0.15) is 0 Å². The summed E-state index contributed by atoms with van der Waals surface area (Å²) in [7, 11) is 0. The zero-order valence-electron chi connectivity index (χ0n) is 10.6. The highest BCUT2D eigenvalue weighted by Crippen LogP contribution is 2.30. The van der Waals surface area contributed by atoms with Crippen molar-refractivity contribution in [3.05, 3.63) is 20.3 Å². The highest BCUT2D eigenvalue weighted by atomic mass is 79.9. The number of rotatable bonds is 3. The predicted molar refractivity (Wildman–Crippen MR) is 78.5 cm³/mol. The Labute approximate surface area is 116 Å². The number of hydrogen-bond acceptors (Lipinski definition) is 3. The molecule has 2 unspecified atom stereocenters. The number of thiophene rings is 1. The van der Waals surface area contributed by atoms with E-state index in [0.29, 0.717) is 12.1 Å². The van der Waals surface area contributed by atoms with Crippen LogP contribution in [-0.4, -0.2) is 23.5 Å². The number of nitrogens with two attached hydrogens (primary N) is 1. The van der Waals surface area contributed by atoms with Gasteiger partial charge >= 0.3 is 0 Å². The molecule has 0 aliphatic carbocycles. The maximum Gasteiger partial charge on any atom is 0.0334 e. The predicted octanol–water partition coefficient (Wildman–Crippen LogP) is 3.52. The monoisotopic (exact) mass is 316 g/mol. The molecule has 1 fully saturated rings. The Kier molecular flexibility index (Phi) is 4.64. The van der Waals surface area contributed by atoms with Crippen molar-refractivity contribution in [1.29, 1.82) is 0 Å². The van der Waals surface area contributed by atoms with Gasteiger partial charge in [0.2, 0.25) is 0 Å². The molecule has 0 radical (unpaired) electrons. The van der Waals surface area contributed by atoms with Gasteiger partial charge in [-0.05, 0) is 48.7 Å². The molecule has 0 bridgehead atoms. The third-order valence-electron chi connectivity index (χ3n) is 3.71. The number of aryl methyl sites for hydroxylation is 1. The van der Waals surface area contributed by atoms with E-state index in [2.05, 4.69) is 40.7 Å². The van der Waals surface area contributed by atoms with Gasteiger partial charge in [0.25, 0.3) is 0 Å². The van der Waals surface area contributed by atoms with Gasteiger partial charge in [0.15, 0.2) is 0 Å². The number of hydrogen-bond donors (Lipinski definition) is 1. The molecule has 0 amide bonds. The fourth-order valence-corrected chi connectivity index (χ4v) is 4.27. The first-order valence-corrected chi connectivity index (χ1v) is 7.93. The van der Waals surface area contributed by atoms with Gasteiger partial charge < -0.3 is 5.73 Å². The fourth-order valence-electron chi connectivity index (χ4n) is 2.65. The summed E-state index contributed by atoms with van der Waals surface area (Å²) in [5.41, 5.74) is 5.90. The summed E-state index contributed by atoms with van der Waals surface area (Å²) >= 11 is 5.49. The van der Waals surface area contributed by atoms with E-state index in [1.807, 2.05) is 11.3 Å². The van der Waals surface area contributed by atoms with Crippen LogP contribution in [0.3, 0.4) is 0 Å². The topological polar surface area (TPSA) is 29.3 Å². The van der Waals surface area contributed by atoms with Crippen LogP contribution in [0.5, 0.6) is 0 Å². The normalized spacial score (nSPS) is 26.4. The quantitative estimate of drug-likeness (QED) is 0.924. The van der Waals surface area contributed by atoms with Crippen LogP contribution in [0.2, 0.25) is 0 Å². The molecule has 1 saturated heterocycles. The zero-order chi connectivity index (χ0) is 12.4. The number of halogens is 1. The van der Waals surface area contributed by atoms with Crippen LogP contribution in [0.4, 0.5) is 0 Å². The van der Waals surface area contributed by atoms with E-state index < -0.39 is 0 Å². The molecule has 2 atom stereocenters. The van der Waals surface area contributed by atoms with Crippen LogP contribution in [0.1, 0.15) is 35.9 Å². The lowest BCUT2D eigenvalue weighted by Crippen LogP contribution is -2.48. The smallest absolute Gasteiger partial charge is 0.0334 e. The van der Waals surface area contributed by atoms with Gasteiger partial charge in [-0.25, -0.2) is 0 Å². The van der Waals surface area contributed by atoms with Crippen LogP contribution in [0.25, 0.3) is 0 Å². The van der Waals surface area contributed by atoms with E-state index in [-0.39, 0.29) is 0 Å². The summed E-state index contributed by atoms with van der Waals surface area (Å²) in [6.07, 6.45) is 3.89. The fraction of sp³-hybridized carbons (Fsp3) is 0.692. The minimum atomic E-state index is 0.569. The Hall–Kier alpha value is 0.100. The molecule has 1 aromatic rings. The van der Waals surface area contributed by atoms with Crippen molar-refractivity contribution in [2.75, 3.05) is 6.54 Å². The summed E-state index contributed by atoms with van der Waals surface area (Å²) in [4.78, 5) is 5.40. The second-order valence-electron chi connectivity index (χ2n) is 4.96. The Morgan fingerprint density at radius 3 is 2.88 bits per heavy atom. The molecule has 4 heteroatoms. The standard InChI is InChI=1S/C13H21BrN2S/c1-9-4-3-5-11(7-15)16(9)8-12-6-13(14)10(2)17-12/h6,9,11H,3-5,7-8,15H2,1-2H3. The second kappa shape index (κ2) is 5.83. The average Bonchev–Trinajstić information content (AvgIpc) is 2.61. The maximum absolute atomic E-state index is 5.90. The van der Waals surface area contributed by atoms with Crippen molar-refractivity contribution in [3.63, 3.8) is 0 Å². The van der Waals surface area contributed by atoms with E-state index in [0.717, 1.165) is 13.1 Å². The first-order chi connectivity index (χ1) is 8.11. The van der Waals surface area contributed by atoms with Crippen molar-refractivity contribution < 1.29 is 0 Å². The Morgan fingerprint density at radius 1 is 1.53 bits per heavy atom. The lowest BCUT2D eigenvalue weighted by atomic mass is 9.96. The molecule has 1 aromatic heterocycles. The first kappa shape index (κ1) is 13.5. The van der Waals surface area contributed by atoms with Crippen molar-refractivity contribution in [3.8, 4) is 0 Å². The summed E-state index contributed by atoms with van der Waals surface area (Å²) < 4.78 is 1.24. The van der Waals surface area contributed by atoms with Gasteiger partial charge in [-0.1, -0.05) is 6.42 Å². The Bertz CT molecular complexity index is 358. The van der Waals surface area contributed by atoms with Crippen LogP contribution in [-0.2, 0) is 6.54 Å². The van der Waals surface area contributed by atoms with Gasteiger partial charge in [0.05, 0.1) is 0 Å². The van der Waals surface area contributed by atoms with E-state index >= 15 is 0 Å². The molecule has 2 rings (SSSR count). The average molecular weight is 317 g/mol. The van der Waals surface area contributed by atoms with Gasteiger partial charge in [0, 0.05) is 39.4 Å². The highest BCUT2D eigenvalue weighted by Gasteiger charge is 2.27. The molecule has 0 saturated carbocycles. The molecule has 96 valence electrons. The lowest BCUT2D eigenvalue weighted by Gasteiger charge is -2.40. The van der Waals surface area contributed by atoms with Gasteiger partial charge in [0.1, 0.15) is 0 Å².